The number of nitrogen functional groups attached to an aromatic ring is 2. The molecule has 0 unspecified atom stereocenters. The molecule has 0 aliphatic rings. The van der Waals surface area contributed by atoms with Crippen LogP contribution in [0.15, 0.2) is 52.3 Å². The Morgan fingerprint density at radius 2 is 1.87 bits per heavy atom. The molecule has 2 aromatic carbocycles. The molecule has 0 aliphatic heterocycles. The Morgan fingerprint density at radius 3 is 2.50 bits per heavy atom. The molecule has 3 aromatic rings. The maximum Gasteiger partial charge on any atom is 0.416 e. The monoisotopic (exact) mass is 432 g/mol. The third-order valence-electron chi connectivity index (χ3n) is 3.88. The largest absolute Gasteiger partial charge is 0.416 e. The highest BCUT2D eigenvalue weighted by Gasteiger charge is 2.30. The normalized spacial score (nSPS) is 11.1. The number of hydrogen-bond acceptors (Lipinski definition) is 8. The van der Waals surface area contributed by atoms with Gasteiger partial charge in [0.05, 0.1) is 21.1 Å². The van der Waals surface area contributed by atoms with Crippen LogP contribution in [0.4, 0.5) is 30.6 Å². The van der Waals surface area contributed by atoms with Gasteiger partial charge in [0, 0.05) is 16.5 Å². The standard InChI is InChI=1S/C18H11F3N6O2S/c19-18(20,21)10-2-1-3-11(7-10)30-14-5-4-9(6-13(14)27(28)29)15-12(8-22)16(23)26-17(24)25-15/h1-7H,(H4,23,24,25,26). The summed E-state index contributed by atoms with van der Waals surface area (Å²) in [6.07, 6.45) is -4.53. The molecular formula is C18H11F3N6O2S. The molecule has 0 saturated carbocycles. The molecule has 0 atom stereocenters. The van der Waals surface area contributed by atoms with E-state index in [-0.39, 0.29) is 44.1 Å². The molecule has 0 bridgehead atoms. The van der Waals surface area contributed by atoms with Crippen LogP contribution in [0, 0.1) is 21.4 Å². The molecule has 3 rings (SSSR count). The summed E-state index contributed by atoms with van der Waals surface area (Å²) in [5, 5.41) is 20.9. The maximum atomic E-state index is 12.9. The van der Waals surface area contributed by atoms with E-state index in [2.05, 4.69) is 9.97 Å². The predicted molar refractivity (Wildman–Crippen MR) is 103 cm³/mol. The van der Waals surface area contributed by atoms with Crippen molar-refractivity contribution in [2.75, 3.05) is 11.5 Å². The SMILES string of the molecule is N#Cc1c(N)nc(N)nc1-c1ccc(Sc2cccc(C(F)(F)F)c2)c([N+](=O)[O-])c1. The van der Waals surface area contributed by atoms with Gasteiger partial charge >= 0.3 is 6.18 Å². The molecule has 0 aliphatic carbocycles. The summed E-state index contributed by atoms with van der Waals surface area (Å²) in [6, 6.07) is 10.2. The van der Waals surface area contributed by atoms with Gasteiger partial charge in [-0.25, -0.2) is 4.98 Å². The number of rotatable bonds is 4. The van der Waals surface area contributed by atoms with E-state index in [1.54, 1.807) is 0 Å². The van der Waals surface area contributed by atoms with Crippen LogP contribution >= 0.6 is 11.8 Å². The second-order valence-corrected chi connectivity index (χ2v) is 6.99. The second-order valence-electron chi connectivity index (χ2n) is 5.87. The number of aromatic nitrogens is 2. The Labute approximate surface area is 171 Å². The van der Waals surface area contributed by atoms with Crippen molar-refractivity contribution < 1.29 is 18.1 Å². The third-order valence-corrected chi connectivity index (χ3v) is 4.94. The molecule has 30 heavy (non-hydrogen) atoms. The van der Waals surface area contributed by atoms with Crippen LogP contribution < -0.4 is 11.5 Å². The van der Waals surface area contributed by atoms with Gasteiger partial charge in [0.25, 0.3) is 5.69 Å². The molecular weight excluding hydrogens is 421 g/mol. The van der Waals surface area contributed by atoms with E-state index < -0.39 is 16.7 Å². The maximum absolute atomic E-state index is 12.9. The highest BCUT2D eigenvalue weighted by atomic mass is 32.2. The smallest absolute Gasteiger partial charge is 0.382 e. The van der Waals surface area contributed by atoms with Gasteiger partial charge in [0.2, 0.25) is 5.95 Å². The number of nitriles is 1. The van der Waals surface area contributed by atoms with Gasteiger partial charge in [0.1, 0.15) is 17.5 Å². The van der Waals surface area contributed by atoms with Crippen LogP contribution in [0.25, 0.3) is 11.3 Å². The molecule has 1 heterocycles. The van der Waals surface area contributed by atoms with Gasteiger partial charge in [-0.3, -0.25) is 10.1 Å². The van der Waals surface area contributed by atoms with Crippen molar-refractivity contribution >= 4 is 29.2 Å². The summed E-state index contributed by atoms with van der Waals surface area (Å²) in [6.45, 7) is 0. The lowest BCUT2D eigenvalue weighted by Gasteiger charge is -2.10. The molecule has 12 heteroatoms. The molecule has 0 saturated heterocycles. The lowest BCUT2D eigenvalue weighted by atomic mass is 10.1. The van der Waals surface area contributed by atoms with Crippen LogP contribution in [0.2, 0.25) is 0 Å². The number of anilines is 2. The quantitative estimate of drug-likeness (QED) is 0.459. The average Bonchev–Trinajstić information content (AvgIpc) is 2.67. The van der Waals surface area contributed by atoms with E-state index in [1.165, 1.54) is 24.3 Å². The van der Waals surface area contributed by atoms with E-state index in [0.717, 1.165) is 30.0 Å². The number of nitro groups is 1. The minimum absolute atomic E-state index is 0.0150. The number of alkyl halides is 3. The fraction of sp³-hybridized carbons (Fsp3) is 0.0556. The molecule has 8 nitrogen and oxygen atoms in total. The summed E-state index contributed by atoms with van der Waals surface area (Å²) in [7, 11) is 0. The van der Waals surface area contributed by atoms with Gasteiger partial charge in [-0.15, -0.1) is 0 Å². The van der Waals surface area contributed by atoms with Crippen molar-refractivity contribution in [1.29, 1.82) is 5.26 Å². The zero-order valence-electron chi connectivity index (χ0n) is 14.8. The highest BCUT2D eigenvalue weighted by molar-refractivity contribution is 7.99. The molecule has 1 aromatic heterocycles. The van der Waals surface area contributed by atoms with E-state index in [9.17, 15) is 28.5 Å². The second kappa shape index (κ2) is 7.88. The topological polar surface area (TPSA) is 145 Å². The summed E-state index contributed by atoms with van der Waals surface area (Å²) in [4.78, 5) is 18.8. The van der Waals surface area contributed by atoms with E-state index in [0.29, 0.717) is 0 Å². The lowest BCUT2D eigenvalue weighted by molar-refractivity contribution is -0.387. The fourth-order valence-electron chi connectivity index (χ4n) is 2.57. The molecule has 0 fully saturated rings. The first kappa shape index (κ1) is 20.9. The molecule has 0 spiro atoms. The van der Waals surface area contributed by atoms with Crippen molar-refractivity contribution in [3.8, 4) is 17.3 Å². The Morgan fingerprint density at radius 1 is 1.13 bits per heavy atom. The fourth-order valence-corrected chi connectivity index (χ4v) is 3.53. The first-order valence-electron chi connectivity index (χ1n) is 8.07. The highest BCUT2D eigenvalue weighted by Crippen LogP contribution is 2.40. The molecule has 4 N–H and O–H groups in total. The number of halogens is 3. The van der Waals surface area contributed by atoms with Crippen molar-refractivity contribution in [2.24, 2.45) is 0 Å². The van der Waals surface area contributed by atoms with Crippen molar-refractivity contribution in [1.82, 2.24) is 9.97 Å². The van der Waals surface area contributed by atoms with Crippen molar-refractivity contribution in [3.05, 3.63) is 63.7 Å². The van der Waals surface area contributed by atoms with Gasteiger partial charge < -0.3 is 11.5 Å². The summed E-state index contributed by atoms with van der Waals surface area (Å²) in [5.41, 5.74) is 10.1. The Hall–Kier alpha value is -3.85. The van der Waals surface area contributed by atoms with Crippen molar-refractivity contribution in [2.45, 2.75) is 16.0 Å². The van der Waals surface area contributed by atoms with Crippen LogP contribution in [-0.2, 0) is 6.18 Å². The van der Waals surface area contributed by atoms with Crippen LogP contribution in [0.1, 0.15) is 11.1 Å². The predicted octanol–water partition coefficient (Wildman–Crippen LogP) is 4.26. The van der Waals surface area contributed by atoms with Crippen molar-refractivity contribution in [3.63, 3.8) is 0 Å². The van der Waals surface area contributed by atoms with E-state index >= 15 is 0 Å². The number of hydrogen-bond donors (Lipinski definition) is 2. The van der Waals surface area contributed by atoms with Crippen LogP contribution in [0.5, 0.6) is 0 Å². The lowest BCUT2D eigenvalue weighted by Crippen LogP contribution is -2.05. The number of nitrogens with zero attached hydrogens (tertiary/aromatic N) is 4. The Kier molecular flexibility index (Phi) is 5.48. The molecule has 0 radical (unpaired) electrons. The minimum atomic E-state index is -4.53. The first-order chi connectivity index (χ1) is 14.1. The number of nitro benzene ring substituents is 1. The third kappa shape index (κ3) is 4.26. The summed E-state index contributed by atoms with van der Waals surface area (Å²) < 4.78 is 38.7. The molecule has 152 valence electrons. The zero-order chi connectivity index (χ0) is 22.1. The van der Waals surface area contributed by atoms with Crippen LogP contribution in [0.3, 0.4) is 0 Å². The van der Waals surface area contributed by atoms with Gasteiger partial charge in [-0.05, 0) is 24.3 Å². The Bertz CT molecular complexity index is 1190. The van der Waals surface area contributed by atoms with Gasteiger partial charge in [-0.2, -0.15) is 23.4 Å². The summed E-state index contributed by atoms with van der Waals surface area (Å²) >= 11 is 0.804. The minimum Gasteiger partial charge on any atom is -0.382 e. The van der Waals surface area contributed by atoms with E-state index in [4.69, 9.17) is 11.5 Å². The Balaban J connectivity index is 2.07. The number of nitrogens with two attached hydrogens (primary N) is 2. The first-order valence-corrected chi connectivity index (χ1v) is 8.89. The zero-order valence-corrected chi connectivity index (χ0v) is 15.7. The van der Waals surface area contributed by atoms with Crippen LogP contribution in [-0.4, -0.2) is 14.9 Å². The van der Waals surface area contributed by atoms with Gasteiger partial charge in [-0.1, -0.05) is 23.9 Å². The van der Waals surface area contributed by atoms with Gasteiger partial charge in [0.15, 0.2) is 0 Å². The molecule has 0 amide bonds. The van der Waals surface area contributed by atoms with E-state index in [1.807, 2.05) is 6.07 Å². The average molecular weight is 432 g/mol. The number of benzene rings is 2. The summed E-state index contributed by atoms with van der Waals surface area (Å²) in [5.74, 6) is -0.392.